The molecule has 2 N–H and O–H groups in total. The number of hydrogen-bond donors (Lipinski definition) is 2. The van der Waals surface area contributed by atoms with Crippen LogP contribution in [0.25, 0.3) is 10.4 Å². The minimum absolute atomic E-state index is 0.848. The Hall–Kier alpha value is -2.75. The lowest BCUT2D eigenvalue weighted by molar-refractivity contribution is 0.313. The predicted molar refractivity (Wildman–Crippen MR) is 128 cm³/mol. The molecule has 5 rings (SSSR count). The van der Waals surface area contributed by atoms with Crippen molar-refractivity contribution in [1.29, 1.82) is 0 Å². The Morgan fingerprint density at radius 3 is 2.52 bits per heavy atom. The average Bonchev–Trinajstić information content (AvgIpc) is 3.29. The van der Waals surface area contributed by atoms with Crippen LogP contribution >= 0.6 is 11.3 Å². The molecule has 0 aromatic carbocycles. The summed E-state index contributed by atoms with van der Waals surface area (Å²) >= 11 is 1.63. The topological polar surface area (TPSA) is 72.5 Å². The van der Waals surface area contributed by atoms with E-state index in [0.29, 0.717) is 0 Å². The fourth-order valence-corrected chi connectivity index (χ4v) is 4.79. The number of pyridine rings is 2. The van der Waals surface area contributed by atoms with Crippen LogP contribution in [-0.2, 0) is 0 Å². The standard InChI is InChI=1S/C22H28N8S/c1-28-10-12-29(13-11-28)18-14-20(26-21(15-18)30-8-6-24-7-9-30)27-22-25-16-19(31-22)17-2-4-23-5-3-17/h2-5,14-16,24H,6-13H2,1H3,(H,25,26,27). The fourth-order valence-electron chi connectivity index (χ4n) is 3.96. The predicted octanol–water partition coefficient (Wildman–Crippen LogP) is 2.51. The second kappa shape index (κ2) is 9.17. The molecular formula is C22H28N8S. The van der Waals surface area contributed by atoms with E-state index < -0.39 is 0 Å². The van der Waals surface area contributed by atoms with Crippen molar-refractivity contribution in [3.05, 3.63) is 42.9 Å². The van der Waals surface area contributed by atoms with Crippen LogP contribution in [0.15, 0.2) is 42.9 Å². The molecule has 3 aromatic rings. The van der Waals surface area contributed by atoms with Gasteiger partial charge >= 0.3 is 0 Å². The van der Waals surface area contributed by atoms with Crippen LogP contribution < -0.4 is 20.4 Å². The first-order valence-electron chi connectivity index (χ1n) is 10.8. The number of likely N-dealkylation sites (N-methyl/N-ethyl adjacent to an activating group) is 1. The van der Waals surface area contributed by atoms with Crippen molar-refractivity contribution in [1.82, 2.24) is 25.2 Å². The second-order valence-corrected chi connectivity index (χ2v) is 9.02. The van der Waals surface area contributed by atoms with Crippen molar-refractivity contribution in [3.63, 3.8) is 0 Å². The lowest BCUT2D eigenvalue weighted by Gasteiger charge is -2.35. The number of hydrogen-bond acceptors (Lipinski definition) is 9. The van der Waals surface area contributed by atoms with Gasteiger partial charge in [0.25, 0.3) is 0 Å². The van der Waals surface area contributed by atoms with Gasteiger partial charge in [-0.25, -0.2) is 9.97 Å². The number of piperazine rings is 2. The van der Waals surface area contributed by atoms with Crippen LogP contribution in [0.1, 0.15) is 0 Å². The summed E-state index contributed by atoms with van der Waals surface area (Å²) in [6.45, 7) is 8.15. The van der Waals surface area contributed by atoms with E-state index in [1.165, 1.54) is 5.69 Å². The first kappa shape index (κ1) is 20.2. The molecule has 0 amide bonds. The summed E-state index contributed by atoms with van der Waals surface area (Å²) in [6, 6.07) is 8.41. The highest BCUT2D eigenvalue weighted by Gasteiger charge is 2.19. The van der Waals surface area contributed by atoms with Gasteiger partial charge in [-0.05, 0) is 24.7 Å². The first-order valence-corrected chi connectivity index (χ1v) is 11.6. The summed E-state index contributed by atoms with van der Waals surface area (Å²) in [6.07, 6.45) is 5.52. The molecule has 2 aliphatic rings. The van der Waals surface area contributed by atoms with Crippen LogP contribution in [0.5, 0.6) is 0 Å². The van der Waals surface area contributed by atoms with Crippen molar-refractivity contribution in [2.24, 2.45) is 0 Å². The molecule has 0 aliphatic carbocycles. The highest BCUT2D eigenvalue weighted by molar-refractivity contribution is 7.18. The zero-order valence-electron chi connectivity index (χ0n) is 17.8. The van der Waals surface area contributed by atoms with Crippen molar-refractivity contribution >= 4 is 33.8 Å². The van der Waals surface area contributed by atoms with Gasteiger partial charge in [0.05, 0.1) is 4.88 Å². The molecular weight excluding hydrogens is 408 g/mol. The summed E-state index contributed by atoms with van der Waals surface area (Å²) in [7, 11) is 2.19. The SMILES string of the molecule is CN1CCN(c2cc(Nc3ncc(-c4ccncc4)s3)nc(N3CCNCC3)c2)CC1. The van der Waals surface area contributed by atoms with Crippen LogP contribution in [0, 0.1) is 0 Å². The monoisotopic (exact) mass is 436 g/mol. The molecule has 3 aromatic heterocycles. The molecule has 0 unspecified atom stereocenters. The number of nitrogens with zero attached hydrogens (tertiary/aromatic N) is 6. The van der Waals surface area contributed by atoms with Gasteiger partial charge in [-0.1, -0.05) is 11.3 Å². The molecule has 0 spiro atoms. The van der Waals surface area contributed by atoms with E-state index in [1.807, 2.05) is 30.7 Å². The Balaban J connectivity index is 1.41. The lowest BCUT2D eigenvalue weighted by Crippen LogP contribution is -2.45. The summed E-state index contributed by atoms with van der Waals surface area (Å²) < 4.78 is 0. The van der Waals surface area contributed by atoms with Gasteiger partial charge in [-0.15, -0.1) is 0 Å². The molecule has 0 saturated carbocycles. The van der Waals surface area contributed by atoms with Crippen molar-refractivity contribution in [2.45, 2.75) is 0 Å². The summed E-state index contributed by atoms with van der Waals surface area (Å²) in [4.78, 5) is 22.0. The van der Waals surface area contributed by atoms with Crippen molar-refractivity contribution in [2.75, 3.05) is 74.5 Å². The van der Waals surface area contributed by atoms with Crippen LogP contribution in [0.2, 0.25) is 0 Å². The first-order chi connectivity index (χ1) is 15.2. The Kier molecular flexibility index (Phi) is 5.97. The third kappa shape index (κ3) is 4.79. The van der Waals surface area contributed by atoms with E-state index in [9.17, 15) is 0 Å². The number of nitrogens with one attached hydrogen (secondary N) is 2. The number of rotatable bonds is 5. The molecule has 0 radical (unpaired) electrons. The maximum absolute atomic E-state index is 4.95. The van der Waals surface area contributed by atoms with Gasteiger partial charge in [-0.3, -0.25) is 4.98 Å². The molecule has 8 nitrogen and oxygen atoms in total. The van der Waals surface area contributed by atoms with Gasteiger partial charge in [-0.2, -0.15) is 0 Å². The largest absolute Gasteiger partial charge is 0.369 e. The maximum Gasteiger partial charge on any atom is 0.188 e. The van der Waals surface area contributed by atoms with E-state index >= 15 is 0 Å². The Morgan fingerprint density at radius 1 is 0.968 bits per heavy atom. The third-order valence-corrected chi connectivity index (χ3v) is 6.77. The van der Waals surface area contributed by atoms with Gasteiger partial charge in [0.2, 0.25) is 0 Å². The summed E-state index contributed by atoms with van der Waals surface area (Å²) in [5, 5.41) is 7.74. The van der Waals surface area contributed by atoms with Crippen molar-refractivity contribution < 1.29 is 0 Å². The van der Waals surface area contributed by atoms with Gasteiger partial charge in [0.15, 0.2) is 5.13 Å². The lowest BCUT2D eigenvalue weighted by atomic mass is 10.2. The Bertz CT molecular complexity index is 994. The molecule has 9 heteroatoms. The molecule has 5 heterocycles. The minimum Gasteiger partial charge on any atom is -0.369 e. The van der Waals surface area contributed by atoms with E-state index in [2.05, 4.69) is 54.5 Å². The quantitative estimate of drug-likeness (QED) is 0.632. The highest BCUT2D eigenvalue weighted by atomic mass is 32.1. The Morgan fingerprint density at radius 2 is 1.74 bits per heavy atom. The molecule has 2 aliphatic heterocycles. The Labute approximate surface area is 186 Å². The molecule has 0 bridgehead atoms. The van der Waals surface area contributed by atoms with Crippen LogP contribution in [0.3, 0.4) is 0 Å². The molecule has 0 atom stereocenters. The zero-order chi connectivity index (χ0) is 21.0. The fraction of sp³-hybridized carbons (Fsp3) is 0.409. The van der Waals surface area contributed by atoms with Crippen molar-refractivity contribution in [3.8, 4) is 10.4 Å². The van der Waals surface area contributed by atoms with Gasteiger partial charge in [0.1, 0.15) is 11.6 Å². The maximum atomic E-state index is 4.95. The van der Waals surface area contributed by atoms with Gasteiger partial charge in [0, 0.05) is 88.8 Å². The number of aromatic nitrogens is 3. The third-order valence-electron chi connectivity index (χ3n) is 5.81. The van der Waals surface area contributed by atoms with E-state index in [4.69, 9.17) is 4.98 Å². The zero-order valence-corrected chi connectivity index (χ0v) is 18.6. The molecule has 31 heavy (non-hydrogen) atoms. The van der Waals surface area contributed by atoms with E-state index in [-0.39, 0.29) is 0 Å². The highest BCUT2D eigenvalue weighted by Crippen LogP contribution is 2.32. The molecule has 2 saturated heterocycles. The summed E-state index contributed by atoms with van der Waals surface area (Å²) in [5.74, 6) is 1.88. The number of anilines is 4. The molecule has 162 valence electrons. The van der Waals surface area contributed by atoms with E-state index in [0.717, 1.165) is 79.6 Å². The van der Waals surface area contributed by atoms with E-state index in [1.54, 1.807) is 11.3 Å². The van der Waals surface area contributed by atoms with Gasteiger partial charge < -0.3 is 25.3 Å². The number of thiazole rings is 1. The normalized spacial score (nSPS) is 17.7. The smallest absolute Gasteiger partial charge is 0.188 e. The second-order valence-electron chi connectivity index (χ2n) is 7.99. The van der Waals surface area contributed by atoms with Crippen LogP contribution in [0.4, 0.5) is 22.5 Å². The van der Waals surface area contributed by atoms with Crippen LogP contribution in [-0.4, -0.2) is 79.3 Å². The average molecular weight is 437 g/mol. The molecule has 2 fully saturated rings. The summed E-state index contributed by atoms with van der Waals surface area (Å²) in [5.41, 5.74) is 2.35. The minimum atomic E-state index is 0.848.